The van der Waals surface area contributed by atoms with Crippen LogP contribution in [0, 0.1) is 0 Å². The van der Waals surface area contributed by atoms with Gasteiger partial charge in [0, 0.05) is 13.1 Å². The molecule has 5 rings (SSSR count). The maximum absolute atomic E-state index is 13.4. The number of quaternary nitrogens is 1. The zero-order valence-corrected chi connectivity index (χ0v) is 18.8. The summed E-state index contributed by atoms with van der Waals surface area (Å²) in [5, 5.41) is 4.74. The van der Waals surface area contributed by atoms with Crippen LogP contribution in [0.5, 0.6) is 0 Å². The summed E-state index contributed by atoms with van der Waals surface area (Å²) in [7, 11) is 0. The van der Waals surface area contributed by atoms with E-state index in [-0.39, 0.29) is 42.4 Å². The summed E-state index contributed by atoms with van der Waals surface area (Å²) in [6, 6.07) is 8.51. The lowest BCUT2D eigenvalue weighted by Gasteiger charge is -2.39. The first-order chi connectivity index (χ1) is 16.2. The number of anilines is 1. The lowest BCUT2D eigenvalue weighted by molar-refractivity contribution is -0.649. The van der Waals surface area contributed by atoms with Crippen LogP contribution < -0.4 is 10.6 Å². The van der Waals surface area contributed by atoms with Crippen molar-refractivity contribution in [2.45, 2.75) is 18.3 Å². The second-order valence-electron chi connectivity index (χ2n) is 8.51. The first-order valence-electron chi connectivity index (χ1n) is 10.9. The number of alkyl halides is 3. The highest BCUT2D eigenvalue weighted by Crippen LogP contribution is 2.34. The van der Waals surface area contributed by atoms with Gasteiger partial charge in [-0.15, -0.1) is 0 Å². The van der Waals surface area contributed by atoms with Gasteiger partial charge in [-0.25, -0.2) is 0 Å². The smallest absolute Gasteiger partial charge is 0.333 e. The summed E-state index contributed by atoms with van der Waals surface area (Å²) < 4.78 is 39.4. The first-order valence-corrected chi connectivity index (χ1v) is 12.0. The molecule has 0 radical (unpaired) electrons. The van der Waals surface area contributed by atoms with Crippen molar-refractivity contribution in [3.63, 3.8) is 0 Å². The van der Waals surface area contributed by atoms with Crippen LogP contribution in [0.4, 0.5) is 18.9 Å². The van der Waals surface area contributed by atoms with Crippen molar-refractivity contribution in [1.29, 1.82) is 0 Å². The lowest BCUT2D eigenvalue weighted by Crippen LogP contribution is -2.90. The van der Waals surface area contributed by atoms with Gasteiger partial charge in [-0.3, -0.25) is 14.4 Å². The highest BCUT2D eigenvalue weighted by atomic mass is 32.2. The number of fused-ring (bicyclic) bond motifs is 2. The highest BCUT2D eigenvalue weighted by Gasteiger charge is 2.42. The van der Waals surface area contributed by atoms with Gasteiger partial charge in [-0.1, -0.05) is 30.0 Å². The molecule has 0 saturated carbocycles. The molecule has 0 aromatic heterocycles. The molecule has 11 heteroatoms. The Balaban J connectivity index is 1.42. The van der Waals surface area contributed by atoms with Gasteiger partial charge in [-0.2, -0.15) is 13.2 Å². The number of halogens is 3. The van der Waals surface area contributed by atoms with Crippen molar-refractivity contribution in [3.05, 3.63) is 53.6 Å². The second-order valence-corrected chi connectivity index (χ2v) is 9.58. The van der Waals surface area contributed by atoms with Crippen LogP contribution in [-0.2, 0) is 15.8 Å². The van der Waals surface area contributed by atoms with E-state index in [1.807, 2.05) is 5.32 Å². The molecule has 3 aliphatic rings. The average Bonchev–Trinajstić information content (AvgIpc) is 3.34. The van der Waals surface area contributed by atoms with Gasteiger partial charge in [0.25, 0.3) is 11.8 Å². The minimum atomic E-state index is -4.48. The third kappa shape index (κ3) is 4.14. The minimum absolute atomic E-state index is 0.0292. The molecule has 34 heavy (non-hydrogen) atoms. The first kappa shape index (κ1) is 22.7. The zero-order valence-electron chi connectivity index (χ0n) is 18.0. The third-order valence-electron chi connectivity index (χ3n) is 6.40. The number of hydrogen-bond donors (Lipinski definition) is 2. The number of thioether (sulfide) groups is 1. The lowest BCUT2D eigenvalue weighted by atomic mass is 9.99. The molecule has 0 unspecified atom stereocenters. The summed E-state index contributed by atoms with van der Waals surface area (Å²) in [5.74, 6) is 0.739. The van der Waals surface area contributed by atoms with Crippen molar-refractivity contribution in [1.82, 2.24) is 9.80 Å². The maximum atomic E-state index is 13.4. The van der Waals surface area contributed by atoms with Crippen LogP contribution in [0.25, 0.3) is 11.1 Å². The standard InChI is InChI=1S/C23H21F3N4O3S/c24-23(25,26)15-3-1-2-13(8-15)14-4-5-17-16(9-14)21(32)30-7-6-29(10-19(30)20(31)28-17)22(33)18-11-34-12-27-18/h1-5,8-9,18-19,27H,6-7,10-12H2,(H,28,31)/p+1/t18-,19+/m0/s1. The van der Waals surface area contributed by atoms with Crippen LogP contribution in [0.15, 0.2) is 42.5 Å². The van der Waals surface area contributed by atoms with Crippen LogP contribution in [0.1, 0.15) is 15.9 Å². The Morgan fingerprint density at radius 3 is 2.62 bits per heavy atom. The molecule has 0 bridgehead atoms. The molecule has 3 heterocycles. The number of rotatable bonds is 2. The largest absolute Gasteiger partial charge is 0.416 e. The van der Waals surface area contributed by atoms with Gasteiger partial charge in [0.2, 0.25) is 5.91 Å². The van der Waals surface area contributed by atoms with Crippen LogP contribution in [0.2, 0.25) is 0 Å². The van der Waals surface area contributed by atoms with E-state index >= 15 is 0 Å². The Bertz CT molecular complexity index is 1170. The Morgan fingerprint density at radius 2 is 1.88 bits per heavy atom. The fourth-order valence-corrected chi connectivity index (χ4v) is 5.60. The minimum Gasteiger partial charge on any atom is -0.333 e. The Labute approximate surface area is 197 Å². The van der Waals surface area contributed by atoms with Gasteiger partial charge in [0.15, 0.2) is 6.04 Å². The Morgan fingerprint density at radius 1 is 1.09 bits per heavy atom. The van der Waals surface area contributed by atoms with Crippen LogP contribution >= 0.6 is 11.8 Å². The van der Waals surface area contributed by atoms with Gasteiger partial charge in [0.1, 0.15) is 11.9 Å². The molecule has 2 aromatic rings. The second kappa shape index (κ2) is 8.62. The zero-order chi connectivity index (χ0) is 24.0. The highest BCUT2D eigenvalue weighted by molar-refractivity contribution is 7.99. The molecule has 178 valence electrons. The maximum Gasteiger partial charge on any atom is 0.416 e. The van der Waals surface area contributed by atoms with Crippen molar-refractivity contribution in [2.75, 3.05) is 36.6 Å². The predicted molar refractivity (Wildman–Crippen MR) is 120 cm³/mol. The molecule has 3 aliphatic heterocycles. The van der Waals surface area contributed by atoms with Crippen molar-refractivity contribution < 1.29 is 32.9 Å². The SMILES string of the molecule is O=C1Nc2ccc(-c3cccc(C(F)(F)F)c3)cc2C(=O)N2CCN(C(=O)[C@@H]3CSC[NH2+]3)C[C@H]12. The van der Waals surface area contributed by atoms with E-state index in [0.29, 0.717) is 23.4 Å². The summed E-state index contributed by atoms with van der Waals surface area (Å²) in [5.41, 5.74) is 0.496. The number of amides is 3. The summed E-state index contributed by atoms with van der Waals surface area (Å²) in [6.07, 6.45) is -4.48. The van der Waals surface area contributed by atoms with E-state index in [4.69, 9.17) is 0 Å². The molecular formula is C23H22F3N4O3S+. The topological polar surface area (TPSA) is 86.3 Å². The van der Waals surface area contributed by atoms with E-state index in [9.17, 15) is 27.6 Å². The third-order valence-corrected chi connectivity index (χ3v) is 7.42. The molecular weight excluding hydrogens is 469 g/mol. The normalized spacial score (nSPS) is 22.7. The Kier molecular flexibility index (Phi) is 5.76. The van der Waals surface area contributed by atoms with E-state index in [1.54, 1.807) is 28.8 Å². The van der Waals surface area contributed by atoms with Crippen molar-refractivity contribution in [2.24, 2.45) is 0 Å². The summed E-state index contributed by atoms with van der Waals surface area (Å²) >= 11 is 1.69. The van der Waals surface area contributed by atoms with Gasteiger partial charge in [0.05, 0.1) is 29.1 Å². The molecule has 7 nitrogen and oxygen atoms in total. The fourth-order valence-electron chi connectivity index (χ4n) is 4.56. The summed E-state index contributed by atoms with van der Waals surface area (Å²) in [4.78, 5) is 42.3. The molecule has 2 atom stereocenters. The quantitative estimate of drug-likeness (QED) is 0.669. The van der Waals surface area contributed by atoms with Crippen LogP contribution in [0.3, 0.4) is 0 Å². The number of nitrogens with one attached hydrogen (secondary N) is 1. The molecule has 2 fully saturated rings. The number of hydrogen-bond acceptors (Lipinski definition) is 4. The average molecular weight is 492 g/mol. The molecule has 0 spiro atoms. The fraction of sp³-hybridized carbons (Fsp3) is 0.348. The number of piperazine rings is 1. The number of nitrogens with two attached hydrogens (primary N) is 1. The number of carbonyl (C=O) groups is 3. The molecule has 3 N–H and O–H groups in total. The molecule has 2 aromatic carbocycles. The monoisotopic (exact) mass is 491 g/mol. The van der Waals surface area contributed by atoms with E-state index in [0.717, 1.165) is 23.8 Å². The predicted octanol–water partition coefficient (Wildman–Crippen LogP) is 1.61. The molecule has 0 aliphatic carbocycles. The van der Waals surface area contributed by atoms with Crippen molar-refractivity contribution in [3.8, 4) is 11.1 Å². The number of carbonyl (C=O) groups excluding carboxylic acids is 3. The van der Waals surface area contributed by atoms with Gasteiger partial charge >= 0.3 is 6.18 Å². The summed E-state index contributed by atoms with van der Waals surface area (Å²) in [6.45, 7) is 0.641. The van der Waals surface area contributed by atoms with E-state index in [2.05, 4.69) is 5.32 Å². The Hall–Kier alpha value is -3.05. The molecule has 3 amide bonds. The van der Waals surface area contributed by atoms with E-state index < -0.39 is 17.8 Å². The number of benzene rings is 2. The van der Waals surface area contributed by atoms with Crippen LogP contribution in [-0.4, -0.2) is 70.9 Å². The number of nitrogens with zero attached hydrogens (tertiary/aromatic N) is 2. The van der Waals surface area contributed by atoms with Gasteiger partial charge in [-0.05, 0) is 35.4 Å². The van der Waals surface area contributed by atoms with Crippen molar-refractivity contribution >= 4 is 35.2 Å². The molecule has 2 saturated heterocycles. The van der Waals surface area contributed by atoms with Gasteiger partial charge < -0.3 is 20.4 Å². The van der Waals surface area contributed by atoms with E-state index in [1.165, 1.54) is 23.1 Å².